The van der Waals surface area contributed by atoms with Crippen molar-refractivity contribution >= 4 is 17.7 Å². The summed E-state index contributed by atoms with van der Waals surface area (Å²) in [6.45, 7) is 4.97. The predicted octanol–water partition coefficient (Wildman–Crippen LogP) is 4.17. The Morgan fingerprint density at radius 3 is 2.81 bits per heavy atom. The number of nitrogens with zero attached hydrogens (tertiary/aromatic N) is 3. The quantitative estimate of drug-likeness (QED) is 0.422. The van der Waals surface area contributed by atoms with Gasteiger partial charge in [0, 0.05) is 29.3 Å². The van der Waals surface area contributed by atoms with Crippen molar-refractivity contribution in [3.63, 3.8) is 0 Å². The number of piperidine rings is 1. The first-order chi connectivity index (χ1) is 15.2. The Labute approximate surface area is 187 Å². The largest absolute Gasteiger partial charge is 0.355 e. The molecule has 0 spiro atoms. The molecule has 1 aliphatic rings. The lowest BCUT2D eigenvalue weighted by Crippen LogP contribution is -2.43. The number of likely N-dealkylation sites (tertiary alicyclic amines) is 1. The number of nitrogens with one attached hydrogen (secondary N) is 1. The van der Waals surface area contributed by atoms with Crippen LogP contribution in [-0.2, 0) is 11.3 Å². The molecule has 1 unspecified atom stereocenters. The SMILES string of the molecule is Cc1ccc(-c2noc(CN3CCCC(C(=O)NCCSc4ccccc4)C3)n2)cc1. The minimum absolute atomic E-state index is 0.00923. The number of aromatic nitrogens is 2. The van der Waals surface area contributed by atoms with E-state index in [0.717, 1.165) is 37.2 Å². The highest BCUT2D eigenvalue weighted by Gasteiger charge is 2.26. The zero-order valence-corrected chi connectivity index (χ0v) is 18.6. The molecule has 7 heteroatoms. The molecule has 2 aromatic carbocycles. The van der Waals surface area contributed by atoms with Crippen molar-refractivity contribution in [3.8, 4) is 11.4 Å². The van der Waals surface area contributed by atoms with Crippen LogP contribution in [0.15, 0.2) is 64.0 Å². The predicted molar refractivity (Wildman–Crippen MR) is 123 cm³/mol. The Bertz CT molecular complexity index is 975. The Hall–Kier alpha value is -2.64. The highest BCUT2D eigenvalue weighted by molar-refractivity contribution is 7.99. The minimum Gasteiger partial charge on any atom is -0.355 e. The van der Waals surface area contributed by atoms with Crippen LogP contribution in [0.3, 0.4) is 0 Å². The van der Waals surface area contributed by atoms with Gasteiger partial charge in [-0.25, -0.2) is 0 Å². The van der Waals surface area contributed by atoms with E-state index in [4.69, 9.17) is 4.52 Å². The number of amides is 1. The molecule has 1 saturated heterocycles. The van der Waals surface area contributed by atoms with E-state index in [1.807, 2.05) is 42.5 Å². The molecule has 6 nitrogen and oxygen atoms in total. The number of benzene rings is 2. The van der Waals surface area contributed by atoms with Gasteiger partial charge in [-0.15, -0.1) is 11.8 Å². The fraction of sp³-hybridized carbons (Fsp3) is 0.375. The molecule has 1 aliphatic heterocycles. The fourth-order valence-electron chi connectivity index (χ4n) is 3.75. The second-order valence-electron chi connectivity index (χ2n) is 7.90. The second-order valence-corrected chi connectivity index (χ2v) is 9.07. The maximum Gasteiger partial charge on any atom is 0.241 e. The topological polar surface area (TPSA) is 71.3 Å². The number of thioether (sulfide) groups is 1. The summed E-state index contributed by atoms with van der Waals surface area (Å²) in [6, 6.07) is 18.3. The Kier molecular flexibility index (Phi) is 7.38. The van der Waals surface area contributed by atoms with Gasteiger partial charge in [0.2, 0.25) is 17.6 Å². The number of hydrogen-bond acceptors (Lipinski definition) is 6. The lowest BCUT2D eigenvalue weighted by molar-refractivity contribution is -0.126. The van der Waals surface area contributed by atoms with Gasteiger partial charge < -0.3 is 9.84 Å². The van der Waals surface area contributed by atoms with Gasteiger partial charge in [-0.05, 0) is 38.4 Å². The van der Waals surface area contributed by atoms with Gasteiger partial charge in [-0.1, -0.05) is 53.2 Å². The molecule has 0 radical (unpaired) electrons. The first-order valence-corrected chi connectivity index (χ1v) is 11.7. The fourth-order valence-corrected chi connectivity index (χ4v) is 4.54. The number of aryl methyl sites for hydroxylation is 1. The third kappa shape index (κ3) is 6.18. The summed E-state index contributed by atoms with van der Waals surface area (Å²) in [6.07, 6.45) is 1.92. The van der Waals surface area contributed by atoms with Crippen LogP contribution in [0, 0.1) is 12.8 Å². The molecule has 1 fully saturated rings. The van der Waals surface area contributed by atoms with Crippen LogP contribution in [0.4, 0.5) is 0 Å². The highest BCUT2D eigenvalue weighted by atomic mass is 32.2. The first kappa shape index (κ1) is 21.6. The molecular formula is C24H28N4O2S. The number of hydrogen-bond donors (Lipinski definition) is 1. The average Bonchev–Trinajstić information content (AvgIpc) is 3.26. The van der Waals surface area contributed by atoms with E-state index in [1.165, 1.54) is 10.5 Å². The number of rotatable bonds is 8. The van der Waals surface area contributed by atoms with E-state index >= 15 is 0 Å². The monoisotopic (exact) mass is 436 g/mol. The van der Waals surface area contributed by atoms with Crippen molar-refractivity contribution in [3.05, 3.63) is 66.1 Å². The first-order valence-electron chi connectivity index (χ1n) is 10.7. The summed E-state index contributed by atoms with van der Waals surface area (Å²) >= 11 is 1.76. The molecule has 4 rings (SSSR count). The summed E-state index contributed by atoms with van der Waals surface area (Å²) in [5, 5.41) is 7.22. The van der Waals surface area contributed by atoms with Crippen molar-refractivity contribution in [2.24, 2.45) is 5.92 Å². The van der Waals surface area contributed by atoms with Gasteiger partial charge in [0.15, 0.2) is 0 Å². The van der Waals surface area contributed by atoms with E-state index in [2.05, 4.69) is 39.4 Å². The van der Waals surface area contributed by atoms with Crippen LogP contribution in [0.25, 0.3) is 11.4 Å². The molecular weight excluding hydrogens is 408 g/mol. The lowest BCUT2D eigenvalue weighted by atomic mass is 9.97. The zero-order chi connectivity index (χ0) is 21.5. The molecule has 31 heavy (non-hydrogen) atoms. The van der Waals surface area contributed by atoms with E-state index in [9.17, 15) is 4.79 Å². The second kappa shape index (κ2) is 10.6. The molecule has 1 atom stereocenters. The third-order valence-electron chi connectivity index (χ3n) is 5.43. The minimum atomic E-state index is 0.00923. The summed E-state index contributed by atoms with van der Waals surface area (Å²) in [4.78, 5) is 20.6. The molecule has 2 heterocycles. The zero-order valence-electron chi connectivity index (χ0n) is 17.8. The molecule has 0 saturated carbocycles. The summed E-state index contributed by atoms with van der Waals surface area (Å²) in [7, 11) is 0. The van der Waals surface area contributed by atoms with Crippen molar-refractivity contribution in [1.29, 1.82) is 0 Å². The summed E-state index contributed by atoms with van der Waals surface area (Å²) in [5.74, 6) is 2.22. The molecule has 3 aromatic rings. The van der Waals surface area contributed by atoms with E-state index in [0.29, 0.717) is 24.8 Å². The maximum absolute atomic E-state index is 12.6. The molecule has 0 aliphatic carbocycles. The van der Waals surface area contributed by atoms with Crippen LogP contribution in [0.5, 0.6) is 0 Å². The van der Waals surface area contributed by atoms with Crippen molar-refractivity contribution < 1.29 is 9.32 Å². The van der Waals surface area contributed by atoms with E-state index in [-0.39, 0.29) is 11.8 Å². The summed E-state index contributed by atoms with van der Waals surface area (Å²) < 4.78 is 5.46. The molecule has 1 N–H and O–H groups in total. The van der Waals surface area contributed by atoms with Crippen LogP contribution in [0.2, 0.25) is 0 Å². The molecule has 1 amide bonds. The summed E-state index contributed by atoms with van der Waals surface area (Å²) in [5.41, 5.74) is 2.15. The van der Waals surface area contributed by atoms with Crippen LogP contribution in [0.1, 0.15) is 24.3 Å². The highest BCUT2D eigenvalue weighted by Crippen LogP contribution is 2.21. The van der Waals surface area contributed by atoms with Crippen molar-refractivity contribution in [2.75, 3.05) is 25.4 Å². The van der Waals surface area contributed by atoms with Gasteiger partial charge in [-0.3, -0.25) is 9.69 Å². The Morgan fingerprint density at radius 2 is 2.00 bits per heavy atom. The van der Waals surface area contributed by atoms with Gasteiger partial charge >= 0.3 is 0 Å². The van der Waals surface area contributed by atoms with Crippen LogP contribution >= 0.6 is 11.8 Å². The van der Waals surface area contributed by atoms with Crippen molar-refractivity contribution in [1.82, 2.24) is 20.4 Å². The number of carbonyl (C=O) groups is 1. The van der Waals surface area contributed by atoms with Gasteiger partial charge in [0.1, 0.15) is 0 Å². The standard InChI is InChI=1S/C24H28N4O2S/c1-18-9-11-19(12-10-18)23-26-22(30-27-23)17-28-14-5-6-20(16-28)24(29)25-13-15-31-21-7-3-2-4-8-21/h2-4,7-12,20H,5-6,13-17H2,1H3,(H,25,29). The maximum atomic E-state index is 12.6. The van der Waals surface area contributed by atoms with E-state index < -0.39 is 0 Å². The third-order valence-corrected chi connectivity index (χ3v) is 6.44. The van der Waals surface area contributed by atoms with Gasteiger partial charge in [-0.2, -0.15) is 4.98 Å². The molecule has 0 bridgehead atoms. The number of carbonyl (C=O) groups excluding carboxylic acids is 1. The van der Waals surface area contributed by atoms with Gasteiger partial charge in [0.25, 0.3) is 0 Å². The van der Waals surface area contributed by atoms with Crippen LogP contribution in [-0.4, -0.2) is 46.3 Å². The van der Waals surface area contributed by atoms with Crippen molar-refractivity contribution in [2.45, 2.75) is 31.2 Å². The average molecular weight is 437 g/mol. The normalized spacial score (nSPS) is 16.9. The van der Waals surface area contributed by atoms with Gasteiger partial charge in [0.05, 0.1) is 12.5 Å². The lowest BCUT2D eigenvalue weighted by Gasteiger charge is -2.30. The smallest absolute Gasteiger partial charge is 0.241 e. The molecule has 1 aromatic heterocycles. The molecule has 162 valence electrons. The van der Waals surface area contributed by atoms with Crippen LogP contribution < -0.4 is 5.32 Å². The Morgan fingerprint density at radius 1 is 1.19 bits per heavy atom. The Balaban J connectivity index is 1.24. The van der Waals surface area contributed by atoms with E-state index in [1.54, 1.807) is 11.8 Å².